The van der Waals surface area contributed by atoms with Crippen molar-refractivity contribution in [2.24, 2.45) is 0 Å². The molecule has 2 aliphatic rings. The van der Waals surface area contributed by atoms with Crippen molar-refractivity contribution < 1.29 is 22.7 Å². The van der Waals surface area contributed by atoms with Crippen molar-refractivity contribution >= 4 is 32.3 Å². The summed E-state index contributed by atoms with van der Waals surface area (Å²) in [7, 11) is -3.64. The SMILES string of the molecule is N#Cc1ccsc1NC(=O)CCN1CCN(S(=O)(=O)c2ccc3c(c2)OCCCO3)CC1. The summed E-state index contributed by atoms with van der Waals surface area (Å²) < 4.78 is 38.9. The lowest BCUT2D eigenvalue weighted by Crippen LogP contribution is -2.49. The van der Waals surface area contributed by atoms with Gasteiger partial charge in [-0.2, -0.15) is 9.57 Å². The van der Waals surface area contributed by atoms with Crippen molar-refractivity contribution in [1.82, 2.24) is 9.21 Å². The molecule has 1 saturated heterocycles. The van der Waals surface area contributed by atoms with E-state index in [1.54, 1.807) is 23.6 Å². The maximum Gasteiger partial charge on any atom is 0.243 e. The summed E-state index contributed by atoms with van der Waals surface area (Å²) >= 11 is 1.32. The molecule has 3 heterocycles. The molecule has 0 aliphatic carbocycles. The Balaban J connectivity index is 1.30. The number of fused-ring (bicyclic) bond motifs is 1. The first-order valence-corrected chi connectivity index (χ1v) is 12.7. The molecule has 0 bridgehead atoms. The van der Waals surface area contributed by atoms with Crippen molar-refractivity contribution in [3.8, 4) is 17.6 Å². The summed E-state index contributed by atoms with van der Waals surface area (Å²) in [5.74, 6) is 0.860. The van der Waals surface area contributed by atoms with Gasteiger partial charge in [0.05, 0.1) is 23.7 Å². The van der Waals surface area contributed by atoms with E-state index in [4.69, 9.17) is 14.7 Å². The fraction of sp³-hybridized carbons (Fsp3) is 0.429. The van der Waals surface area contributed by atoms with Crippen LogP contribution in [0.5, 0.6) is 11.5 Å². The van der Waals surface area contributed by atoms with Gasteiger partial charge in [-0.15, -0.1) is 11.3 Å². The molecule has 1 amide bonds. The van der Waals surface area contributed by atoms with Crippen molar-refractivity contribution in [1.29, 1.82) is 5.26 Å². The Morgan fingerprint density at radius 2 is 1.88 bits per heavy atom. The van der Waals surface area contributed by atoms with Crippen molar-refractivity contribution in [3.05, 3.63) is 35.2 Å². The van der Waals surface area contributed by atoms with E-state index in [1.165, 1.54) is 21.7 Å². The van der Waals surface area contributed by atoms with Crippen LogP contribution in [0.25, 0.3) is 0 Å². The average molecular weight is 477 g/mol. The smallest absolute Gasteiger partial charge is 0.243 e. The number of rotatable bonds is 6. The number of benzene rings is 1. The van der Waals surface area contributed by atoms with E-state index < -0.39 is 10.0 Å². The van der Waals surface area contributed by atoms with Gasteiger partial charge in [0.25, 0.3) is 0 Å². The molecule has 2 aromatic rings. The van der Waals surface area contributed by atoms with Gasteiger partial charge in [-0.25, -0.2) is 8.42 Å². The zero-order valence-electron chi connectivity index (χ0n) is 17.5. The van der Waals surface area contributed by atoms with Gasteiger partial charge >= 0.3 is 0 Å². The lowest BCUT2D eigenvalue weighted by atomic mass is 10.3. The zero-order valence-corrected chi connectivity index (χ0v) is 19.1. The standard InChI is InChI=1S/C21H24N4O5S2/c22-15-16-5-13-31-21(16)23-20(26)4-6-24-7-9-25(10-8-24)32(27,28)17-2-3-18-19(14-17)30-12-1-11-29-18/h2-3,5,13-14H,1,4,6-12H2,(H,23,26). The number of sulfonamides is 1. The summed E-state index contributed by atoms with van der Waals surface area (Å²) in [5, 5.41) is 14.1. The van der Waals surface area contributed by atoms with E-state index in [2.05, 4.69) is 10.2 Å². The van der Waals surface area contributed by atoms with Crippen LogP contribution in [0.15, 0.2) is 34.5 Å². The Kier molecular flexibility index (Phi) is 6.95. The predicted octanol–water partition coefficient (Wildman–Crippen LogP) is 2.12. The molecule has 0 spiro atoms. The molecule has 0 unspecified atom stereocenters. The van der Waals surface area contributed by atoms with Crippen LogP contribution in [0, 0.1) is 11.3 Å². The fourth-order valence-corrected chi connectivity index (χ4v) is 5.78. The summed E-state index contributed by atoms with van der Waals surface area (Å²) in [6, 6.07) is 8.45. The summed E-state index contributed by atoms with van der Waals surface area (Å²) in [4.78, 5) is 14.5. The van der Waals surface area contributed by atoms with E-state index >= 15 is 0 Å². The van der Waals surface area contributed by atoms with Crippen molar-refractivity contribution in [2.75, 3.05) is 51.3 Å². The van der Waals surface area contributed by atoms with E-state index in [1.807, 2.05) is 6.07 Å². The number of anilines is 1. The topological polar surface area (TPSA) is 112 Å². The third-order valence-corrected chi connectivity index (χ3v) is 8.11. The highest BCUT2D eigenvalue weighted by atomic mass is 32.2. The number of hydrogen-bond acceptors (Lipinski definition) is 8. The maximum atomic E-state index is 13.1. The molecule has 9 nitrogen and oxygen atoms in total. The molecule has 1 aromatic heterocycles. The summed E-state index contributed by atoms with van der Waals surface area (Å²) in [5.41, 5.74) is 0.455. The van der Waals surface area contributed by atoms with E-state index in [9.17, 15) is 13.2 Å². The number of nitrogens with one attached hydrogen (secondary N) is 1. The first-order chi connectivity index (χ1) is 15.5. The first-order valence-electron chi connectivity index (χ1n) is 10.4. The minimum Gasteiger partial charge on any atom is -0.490 e. The number of thiophene rings is 1. The highest BCUT2D eigenvalue weighted by Gasteiger charge is 2.29. The predicted molar refractivity (Wildman–Crippen MR) is 120 cm³/mol. The molecule has 2 aliphatic heterocycles. The number of piperazine rings is 1. The van der Waals surface area contributed by atoms with Gasteiger partial charge < -0.3 is 19.7 Å². The number of carbonyl (C=O) groups is 1. The lowest BCUT2D eigenvalue weighted by molar-refractivity contribution is -0.116. The third-order valence-electron chi connectivity index (χ3n) is 5.38. The first kappa shape index (κ1) is 22.5. The van der Waals surface area contributed by atoms with Crippen LogP contribution >= 0.6 is 11.3 Å². The summed E-state index contributed by atoms with van der Waals surface area (Å²) in [6.07, 6.45) is 1.03. The molecule has 170 valence electrons. The molecule has 0 radical (unpaired) electrons. The van der Waals surface area contributed by atoms with Gasteiger partial charge in [0.1, 0.15) is 11.1 Å². The summed E-state index contributed by atoms with van der Waals surface area (Å²) in [6.45, 7) is 3.35. The molecule has 1 fully saturated rings. The second-order valence-corrected chi connectivity index (χ2v) is 10.3. The molecule has 11 heteroatoms. The van der Waals surface area contributed by atoms with Crippen LogP contribution in [0.2, 0.25) is 0 Å². The average Bonchev–Trinajstić information content (AvgIpc) is 3.11. The molecule has 32 heavy (non-hydrogen) atoms. The lowest BCUT2D eigenvalue weighted by Gasteiger charge is -2.33. The van der Waals surface area contributed by atoms with Crippen LogP contribution in [-0.4, -0.2) is 69.5 Å². The third kappa shape index (κ3) is 5.05. The number of amides is 1. The quantitative estimate of drug-likeness (QED) is 0.680. The molecule has 1 aromatic carbocycles. The Morgan fingerprint density at radius 3 is 2.62 bits per heavy atom. The highest BCUT2D eigenvalue weighted by molar-refractivity contribution is 7.89. The van der Waals surface area contributed by atoms with E-state index in [-0.39, 0.29) is 17.2 Å². The Labute approximate surface area is 191 Å². The molecule has 1 N–H and O–H groups in total. The van der Waals surface area contributed by atoms with Gasteiger partial charge in [0.2, 0.25) is 15.9 Å². The number of nitrogens with zero attached hydrogens (tertiary/aromatic N) is 3. The van der Waals surface area contributed by atoms with Crippen LogP contribution in [0.4, 0.5) is 5.00 Å². The largest absolute Gasteiger partial charge is 0.490 e. The van der Waals surface area contributed by atoms with Gasteiger partial charge in [-0.3, -0.25) is 4.79 Å². The van der Waals surface area contributed by atoms with Crippen LogP contribution in [-0.2, 0) is 14.8 Å². The van der Waals surface area contributed by atoms with Gasteiger partial charge in [-0.1, -0.05) is 0 Å². The van der Waals surface area contributed by atoms with Crippen LogP contribution in [0.3, 0.4) is 0 Å². The monoisotopic (exact) mass is 476 g/mol. The second kappa shape index (κ2) is 9.87. The van der Waals surface area contributed by atoms with Crippen molar-refractivity contribution in [2.45, 2.75) is 17.7 Å². The second-order valence-electron chi connectivity index (χ2n) is 7.48. The molecular weight excluding hydrogens is 452 g/mol. The molecule has 0 saturated carbocycles. The fourth-order valence-electron chi connectivity index (χ4n) is 3.59. The van der Waals surface area contributed by atoms with E-state index in [0.29, 0.717) is 68.0 Å². The normalized spacial score (nSPS) is 17.3. The molecule has 4 rings (SSSR count). The highest BCUT2D eigenvalue weighted by Crippen LogP contribution is 2.33. The Morgan fingerprint density at radius 1 is 1.12 bits per heavy atom. The van der Waals surface area contributed by atoms with Gasteiger partial charge in [-0.05, 0) is 23.6 Å². The molecule has 0 atom stereocenters. The van der Waals surface area contributed by atoms with Crippen LogP contribution < -0.4 is 14.8 Å². The van der Waals surface area contributed by atoms with Gasteiger partial charge in [0, 0.05) is 51.6 Å². The molecular formula is C21H24N4O5S2. The Hall–Kier alpha value is -2.65. The van der Waals surface area contributed by atoms with Crippen LogP contribution in [0.1, 0.15) is 18.4 Å². The van der Waals surface area contributed by atoms with Crippen molar-refractivity contribution in [3.63, 3.8) is 0 Å². The Bertz CT molecular complexity index is 1120. The maximum absolute atomic E-state index is 13.1. The number of ether oxygens (including phenoxy) is 2. The minimum absolute atomic E-state index is 0.161. The van der Waals surface area contributed by atoms with E-state index in [0.717, 1.165) is 6.42 Å². The zero-order chi connectivity index (χ0) is 22.6. The number of hydrogen-bond donors (Lipinski definition) is 1. The number of nitriles is 1. The number of carbonyl (C=O) groups excluding carboxylic acids is 1. The minimum atomic E-state index is -3.64. The van der Waals surface area contributed by atoms with Gasteiger partial charge in [0.15, 0.2) is 11.5 Å².